The molecule has 22 heavy (non-hydrogen) atoms. The minimum atomic E-state index is -0.497. The smallest absolute Gasteiger partial charge is 0.328 e. The van der Waals surface area contributed by atoms with Crippen molar-refractivity contribution in [2.45, 2.75) is 6.42 Å². The van der Waals surface area contributed by atoms with Gasteiger partial charge in [0.1, 0.15) is 5.82 Å². The van der Waals surface area contributed by atoms with Gasteiger partial charge >= 0.3 is 6.03 Å². The van der Waals surface area contributed by atoms with E-state index in [0.717, 1.165) is 26.2 Å². The van der Waals surface area contributed by atoms with Crippen LogP contribution < -0.4 is 15.1 Å². The van der Waals surface area contributed by atoms with Gasteiger partial charge in [0.05, 0.1) is 5.69 Å². The van der Waals surface area contributed by atoms with E-state index in [1.54, 1.807) is 12.1 Å². The molecule has 1 aromatic carbocycles. The third-order valence-corrected chi connectivity index (χ3v) is 4.14. The lowest BCUT2D eigenvalue weighted by atomic mass is 10.2. The zero-order valence-corrected chi connectivity index (χ0v) is 12.5. The van der Waals surface area contributed by atoms with E-state index >= 15 is 0 Å². The molecule has 3 amide bonds. The number of nitrogens with zero attached hydrogens (tertiary/aromatic N) is 3. The Hall–Kier alpha value is -2.15. The van der Waals surface area contributed by atoms with Crippen molar-refractivity contribution in [1.29, 1.82) is 0 Å². The lowest BCUT2D eigenvalue weighted by Gasteiger charge is -2.34. The minimum Gasteiger partial charge on any atom is -0.367 e. The van der Waals surface area contributed by atoms with Gasteiger partial charge in [-0.15, -0.1) is 0 Å². The van der Waals surface area contributed by atoms with Crippen molar-refractivity contribution in [3.8, 4) is 0 Å². The zero-order valence-electron chi connectivity index (χ0n) is 12.5. The predicted molar refractivity (Wildman–Crippen MR) is 81.6 cm³/mol. The van der Waals surface area contributed by atoms with E-state index in [0.29, 0.717) is 11.4 Å². The SMILES string of the molecule is CN1CCN(c2ccc(N3CCC(=O)NC3=O)cc2F)CC1. The molecular weight excluding hydrogens is 287 g/mol. The quantitative estimate of drug-likeness (QED) is 0.886. The summed E-state index contributed by atoms with van der Waals surface area (Å²) in [6.45, 7) is 3.64. The van der Waals surface area contributed by atoms with Crippen LogP contribution in [0.3, 0.4) is 0 Å². The number of rotatable bonds is 2. The Morgan fingerprint density at radius 2 is 1.82 bits per heavy atom. The van der Waals surface area contributed by atoms with Gasteiger partial charge in [0, 0.05) is 44.8 Å². The first-order chi connectivity index (χ1) is 10.5. The van der Waals surface area contributed by atoms with Crippen molar-refractivity contribution >= 4 is 23.3 Å². The molecule has 3 rings (SSSR count). The summed E-state index contributed by atoms with van der Waals surface area (Å²) in [5.41, 5.74) is 1.03. The molecule has 2 fully saturated rings. The van der Waals surface area contributed by atoms with E-state index in [1.165, 1.54) is 11.0 Å². The van der Waals surface area contributed by atoms with Crippen molar-refractivity contribution in [3.05, 3.63) is 24.0 Å². The van der Waals surface area contributed by atoms with Gasteiger partial charge in [-0.1, -0.05) is 0 Å². The van der Waals surface area contributed by atoms with E-state index in [-0.39, 0.29) is 24.7 Å². The molecule has 6 nitrogen and oxygen atoms in total. The number of piperazine rings is 1. The van der Waals surface area contributed by atoms with Crippen LogP contribution in [0.2, 0.25) is 0 Å². The van der Waals surface area contributed by atoms with Crippen LogP contribution in [0.5, 0.6) is 0 Å². The van der Waals surface area contributed by atoms with E-state index in [1.807, 2.05) is 11.9 Å². The van der Waals surface area contributed by atoms with Gasteiger partial charge in [-0.25, -0.2) is 9.18 Å². The number of urea groups is 1. The molecule has 118 valence electrons. The molecule has 0 radical (unpaired) electrons. The Balaban J connectivity index is 1.77. The number of anilines is 2. The van der Waals surface area contributed by atoms with Crippen LogP contribution in [0, 0.1) is 5.82 Å². The molecule has 7 heteroatoms. The number of carbonyl (C=O) groups excluding carboxylic acids is 2. The van der Waals surface area contributed by atoms with Crippen molar-refractivity contribution < 1.29 is 14.0 Å². The number of carbonyl (C=O) groups is 2. The van der Waals surface area contributed by atoms with E-state index < -0.39 is 6.03 Å². The first-order valence-corrected chi connectivity index (χ1v) is 7.39. The van der Waals surface area contributed by atoms with Crippen molar-refractivity contribution in [3.63, 3.8) is 0 Å². The second-order valence-electron chi connectivity index (χ2n) is 5.68. The first kappa shape index (κ1) is 14.8. The maximum atomic E-state index is 14.4. The summed E-state index contributed by atoms with van der Waals surface area (Å²) in [5, 5.41) is 2.24. The van der Waals surface area contributed by atoms with Gasteiger partial charge < -0.3 is 9.80 Å². The molecule has 0 aromatic heterocycles. The number of amides is 3. The molecule has 0 unspecified atom stereocenters. The Morgan fingerprint density at radius 1 is 1.09 bits per heavy atom. The highest BCUT2D eigenvalue weighted by Crippen LogP contribution is 2.26. The predicted octanol–water partition coefficient (Wildman–Crippen LogP) is 1.02. The minimum absolute atomic E-state index is 0.230. The lowest BCUT2D eigenvalue weighted by Crippen LogP contribution is -2.49. The molecule has 1 N–H and O–H groups in total. The van der Waals surface area contributed by atoms with Crippen LogP contribution in [-0.2, 0) is 4.79 Å². The topological polar surface area (TPSA) is 55.9 Å². The maximum absolute atomic E-state index is 14.4. The normalized spacial score (nSPS) is 20.3. The fraction of sp³-hybridized carbons (Fsp3) is 0.467. The van der Waals surface area contributed by atoms with Crippen LogP contribution in [0.15, 0.2) is 18.2 Å². The van der Waals surface area contributed by atoms with Crippen molar-refractivity contribution in [2.24, 2.45) is 0 Å². The Bertz CT molecular complexity index is 599. The number of likely N-dealkylation sites (N-methyl/N-ethyl adjacent to an activating group) is 1. The van der Waals surface area contributed by atoms with E-state index in [9.17, 15) is 14.0 Å². The molecule has 1 aromatic rings. The highest BCUT2D eigenvalue weighted by Gasteiger charge is 2.25. The summed E-state index contributed by atoms with van der Waals surface area (Å²) < 4.78 is 14.4. The molecular formula is C15H19FN4O2. The summed E-state index contributed by atoms with van der Waals surface area (Å²) in [6.07, 6.45) is 0.230. The van der Waals surface area contributed by atoms with Gasteiger partial charge in [0.25, 0.3) is 0 Å². The summed E-state index contributed by atoms with van der Waals surface area (Å²) in [4.78, 5) is 28.6. The number of halogens is 1. The van der Waals surface area contributed by atoms with Gasteiger partial charge in [0.15, 0.2) is 0 Å². The fourth-order valence-corrected chi connectivity index (χ4v) is 2.78. The number of imide groups is 1. The second-order valence-corrected chi connectivity index (χ2v) is 5.68. The van der Waals surface area contributed by atoms with Crippen molar-refractivity contribution in [1.82, 2.24) is 10.2 Å². The standard InChI is InChI=1S/C15H19FN4O2/c1-18-6-8-19(9-7-18)13-3-2-11(10-12(13)16)20-5-4-14(21)17-15(20)22/h2-3,10H,4-9H2,1H3,(H,17,21,22). The Morgan fingerprint density at radius 3 is 2.45 bits per heavy atom. The third-order valence-electron chi connectivity index (χ3n) is 4.14. The molecule has 0 bridgehead atoms. The molecule has 2 saturated heterocycles. The number of hydrogen-bond acceptors (Lipinski definition) is 4. The second kappa shape index (κ2) is 5.92. The Kier molecular flexibility index (Phi) is 3.98. The average molecular weight is 306 g/mol. The molecule has 0 spiro atoms. The van der Waals surface area contributed by atoms with E-state index in [4.69, 9.17) is 0 Å². The third kappa shape index (κ3) is 2.89. The van der Waals surface area contributed by atoms with Gasteiger partial charge in [-0.05, 0) is 25.2 Å². The number of benzene rings is 1. The molecule has 2 heterocycles. The van der Waals surface area contributed by atoms with Crippen LogP contribution in [0.4, 0.5) is 20.6 Å². The fourth-order valence-electron chi connectivity index (χ4n) is 2.78. The van der Waals surface area contributed by atoms with Crippen molar-refractivity contribution in [2.75, 3.05) is 49.6 Å². The monoisotopic (exact) mass is 306 g/mol. The molecule has 2 aliphatic rings. The summed E-state index contributed by atoms with van der Waals surface area (Å²) in [5.74, 6) is -0.637. The summed E-state index contributed by atoms with van der Waals surface area (Å²) >= 11 is 0. The molecule has 0 aliphatic carbocycles. The van der Waals surface area contributed by atoms with Gasteiger partial charge in [-0.2, -0.15) is 0 Å². The molecule has 2 aliphatic heterocycles. The van der Waals surface area contributed by atoms with E-state index in [2.05, 4.69) is 10.2 Å². The summed E-state index contributed by atoms with van der Waals surface area (Å²) in [7, 11) is 2.05. The summed E-state index contributed by atoms with van der Waals surface area (Å²) in [6, 6.07) is 4.30. The molecule has 0 saturated carbocycles. The lowest BCUT2D eigenvalue weighted by molar-refractivity contribution is -0.120. The van der Waals surface area contributed by atoms with Gasteiger partial charge in [-0.3, -0.25) is 15.0 Å². The zero-order chi connectivity index (χ0) is 15.7. The Labute approximate surface area is 128 Å². The van der Waals surface area contributed by atoms with Crippen LogP contribution in [0.1, 0.15) is 6.42 Å². The first-order valence-electron chi connectivity index (χ1n) is 7.39. The number of hydrogen-bond donors (Lipinski definition) is 1. The van der Waals surface area contributed by atoms with Crippen LogP contribution in [0.25, 0.3) is 0 Å². The molecule has 0 atom stereocenters. The van der Waals surface area contributed by atoms with Gasteiger partial charge in [0.2, 0.25) is 5.91 Å². The maximum Gasteiger partial charge on any atom is 0.328 e. The average Bonchev–Trinajstić information content (AvgIpc) is 2.48. The van der Waals surface area contributed by atoms with Crippen LogP contribution in [-0.4, -0.2) is 56.6 Å². The largest absolute Gasteiger partial charge is 0.367 e. The highest BCUT2D eigenvalue weighted by molar-refractivity contribution is 6.05. The number of nitrogens with one attached hydrogen (secondary N) is 1. The van der Waals surface area contributed by atoms with Crippen LogP contribution >= 0.6 is 0 Å². The highest BCUT2D eigenvalue weighted by atomic mass is 19.1.